The largest absolute Gasteiger partial charge is 0.496 e. The molecule has 1 aliphatic rings. The van der Waals surface area contributed by atoms with Gasteiger partial charge in [0.2, 0.25) is 0 Å². The lowest BCUT2D eigenvalue weighted by molar-refractivity contribution is -0.135. The lowest BCUT2D eigenvalue weighted by Crippen LogP contribution is -2.19. The number of hydrogen-bond donors (Lipinski definition) is 1. The third kappa shape index (κ3) is 4.12. The van der Waals surface area contributed by atoms with E-state index in [1.165, 1.54) is 32.6 Å². The Hall–Kier alpha value is -2.39. The fraction of sp³-hybridized carbons (Fsp3) is 0.143. The summed E-state index contributed by atoms with van der Waals surface area (Å²) in [5, 5.41) is 9.95. The van der Waals surface area contributed by atoms with Gasteiger partial charge in [-0.2, -0.15) is 5.10 Å². The number of halogens is 2. The number of hydrogen-bond acceptors (Lipinski definition) is 7. The number of nitrogens with zero attached hydrogens (tertiary/aromatic N) is 2. The quantitative estimate of drug-likeness (QED) is 0.379. The Kier molecular flexibility index (Phi) is 5.93. The summed E-state index contributed by atoms with van der Waals surface area (Å²) in [6.07, 6.45) is 2.24. The van der Waals surface area contributed by atoms with Crippen molar-refractivity contribution in [2.75, 3.05) is 14.2 Å². The Morgan fingerprint density at radius 2 is 2.17 bits per heavy atom. The predicted octanol–water partition coefficient (Wildman–Crippen LogP) is 2.10. The Balaban J connectivity index is 2.19. The van der Waals surface area contributed by atoms with Gasteiger partial charge in [-0.15, -0.1) is 5.10 Å². The number of nitrogens with one attached hydrogen (secondary N) is 1. The molecule has 0 atom stereocenters. The molecule has 24 heavy (non-hydrogen) atoms. The molecule has 1 aromatic carbocycles. The average molecular weight is 372 g/mol. The molecular weight excluding hydrogens is 361 g/mol. The first-order valence-electron chi connectivity index (χ1n) is 6.38. The highest BCUT2D eigenvalue weighted by Gasteiger charge is 2.25. The van der Waals surface area contributed by atoms with Gasteiger partial charge in [0.1, 0.15) is 11.6 Å². The van der Waals surface area contributed by atoms with Crippen molar-refractivity contribution in [3.63, 3.8) is 0 Å². The molecule has 0 aliphatic carbocycles. The Bertz CT molecular complexity index is 780. The second-order valence-electron chi connectivity index (χ2n) is 4.21. The molecule has 7 nitrogen and oxygen atoms in total. The van der Waals surface area contributed by atoms with Crippen LogP contribution < -0.4 is 10.1 Å². The maximum atomic E-state index is 13.5. The first-order valence-corrected chi connectivity index (χ1v) is 7.57. The van der Waals surface area contributed by atoms with Gasteiger partial charge in [0.25, 0.3) is 5.91 Å². The van der Waals surface area contributed by atoms with Crippen LogP contribution in [0.5, 0.6) is 5.75 Å². The third-order valence-corrected chi connectivity index (χ3v) is 4.03. The van der Waals surface area contributed by atoms with Gasteiger partial charge in [0.15, 0.2) is 5.17 Å². The minimum Gasteiger partial charge on any atom is -0.496 e. The third-order valence-electron chi connectivity index (χ3n) is 2.75. The number of rotatable bonds is 4. The van der Waals surface area contributed by atoms with E-state index < -0.39 is 17.7 Å². The molecule has 1 fully saturated rings. The van der Waals surface area contributed by atoms with Gasteiger partial charge in [-0.3, -0.25) is 10.1 Å². The highest BCUT2D eigenvalue weighted by Crippen LogP contribution is 2.28. The molecule has 0 spiro atoms. The van der Waals surface area contributed by atoms with Gasteiger partial charge in [0, 0.05) is 6.08 Å². The number of thioether (sulfide) groups is 1. The topological polar surface area (TPSA) is 89.3 Å². The summed E-state index contributed by atoms with van der Waals surface area (Å²) in [5.74, 6) is -1.47. The zero-order valence-electron chi connectivity index (χ0n) is 12.5. The van der Waals surface area contributed by atoms with E-state index in [1.807, 2.05) is 0 Å². The van der Waals surface area contributed by atoms with E-state index in [4.69, 9.17) is 16.3 Å². The summed E-state index contributed by atoms with van der Waals surface area (Å²) in [4.78, 5) is 22.9. The van der Waals surface area contributed by atoms with Crippen molar-refractivity contribution < 1.29 is 23.5 Å². The highest BCUT2D eigenvalue weighted by atomic mass is 35.5. The number of amidine groups is 1. The zero-order chi connectivity index (χ0) is 17.7. The minimum atomic E-state index is -0.659. The molecule has 1 aliphatic heterocycles. The van der Waals surface area contributed by atoms with Crippen molar-refractivity contribution in [3.05, 3.63) is 39.5 Å². The van der Waals surface area contributed by atoms with Gasteiger partial charge in [-0.1, -0.05) is 11.6 Å². The molecule has 10 heteroatoms. The second-order valence-corrected chi connectivity index (χ2v) is 5.62. The molecule has 1 heterocycles. The zero-order valence-corrected chi connectivity index (χ0v) is 14.1. The lowest BCUT2D eigenvalue weighted by atomic mass is 10.2. The van der Waals surface area contributed by atoms with Crippen LogP contribution in [-0.4, -0.2) is 37.5 Å². The van der Waals surface area contributed by atoms with Crippen molar-refractivity contribution in [2.24, 2.45) is 10.2 Å². The number of benzene rings is 1. The molecule has 0 radical (unpaired) electrons. The van der Waals surface area contributed by atoms with Crippen molar-refractivity contribution in [2.45, 2.75) is 0 Å². The van der Waals surface area contributed by atoms with E-state index in [2.05, 4.69) is 20.3 Å². The fourth-order valence-electron chi connectivity index (χ4n) is 1.63. The SMILES string of the molecule is COC(=O)/C=C1/S/C(=N\N=Cc2c(OC)ccc(F)c2Cl)NC1=O. The molecule has 0 unspecified atom stereocenters. The summed E-state index contributed by atoms with van der Waals surface area (Å²) >= 11 is 6.77. The smallest absolute Gasteiger partial charge is 0.331 e. The maximum Gasteiger partial charge on any atom is 0.331 e. The standard InChI is InChI=1S/C14H11ClFN3O4S/c1-22-9-4-3-8(16)12(15)7(9)6-17-19-14-18-13(21)10(24-14)5-11(20)23-2/h3-6H,1-2H3,(H,18,19,21)/b10-5+,17-6?. The molecule has 126 valence electrons. The van der Waals surface area contributed by atoms with Crippen LogP contribution in [0, 0.1) is 5.82 Å². The maximum absolute atomic E-state index is 13.5. The monoisotopic (exact) mass is 371 g/mol. The summed E-state index contributed by atoms with van der Waals surface area (Å²) in [6, 6.07) is 2.57. The van der Waals surface area contributed by atoms with Gasteiger partial charge >= 0.3 is 5.97 Å². The highest BCUT2D eigenvalue weighted by molar-refractivity contribution is 8.18. The molecule has 2 rings (SSSR count). The first kappa shape index (κ1) is 18.0. The molecule has 1 amide bonds. The minimum absolute atomic E-state index is 0.122. The molecule has 0 bridgehead atoms. The van der Waals surface area contributed by atoms with E-state index in [1.54, 1.807) is 0 Å². The van der Waals surface area contributed by atoms with Crippen LogP contribution in [0.15, 0.2) is 33.3 Å². The molecule has 0 saturated carbocycles. The summed E-state index contributed by atoms with van der Waals surface area (Å²) in [7, 11) is 2.61. The Morgan fingerprint density at radius 3 is 2.83 bits per heavy atom. The number of carbonyl (C=O) groups is 2. The van der Waals surface area contributed by atoms with Crippen molar-refractivity contribution >= 4 is 46.6 Å². The second kappa shape index (κ2) is 7.93. The van der Waals surface area contributed by atoms with Crippen molar-refractivity contribution in [1.82, 2.24) is 5.32 Å². The van der Waals surface area contributed by atoms with Crippen molar-refractivity contribution in [3.8, 4) is 5.75 Å². The summed E-state index contributed by atoms with van der Waals surface area (Å²) < 4.78 is 23.0. The van der Waals surface area contributed by atoms with Crippen LogP contribution in [0.4, 0.5) is 4.39 Å². The summed E-state index contributed by atoms with van der Waals surface area (Å²) in [6.45, 7) is 0. The molecule has 1 N–H and O–H groups in total. The molecular formula is C14H11ClFN3O4S. The first-order chi connectivity index (χ1) is 11.5. The van der Waals surface area contributed by atoms with Crippen LogP contribution >= 0.6 is 23.4 Å². The Morgan fingerprint density at radius 1 is 1.42 bits per heavy atom. The van der Waals surface area contributed by atoms with Gasteiger partial charge in [0.05, 0.1) is 35.9 Å². The van der Waals surface area contributed by atoms with E-state index in [0.29, 0.717) is 5.75 Å². The number of amides is 1. The number of carbonyl (C=O) groups excluding carboxylic acids is 2. The van der Waals surface area contributed by atoms with Crippen LogP contribution in [0.25, 0.3) is 0 Å². The average Bonchev–Trinajstić information content (AvgIpc) is 2.91. The van der Waals surface area contributed by atoms with Crippen LogP contribution in [0.2, 0.25) is 5.02 Å². The number of ether oxygens (including phenoxy) is 2. The summed E-state index contributed by atoms with van der Waals surface area (Å²) in [5.41, 5.74) is 0.211. The lowest BCUT2D eigenvalue weighted by Gasteiger charge is -2.06. The Labute approximate surface area is 145 Å². The van der Waals surface area contributed by atoms with Crippen LogP contribution in [0.3, 0.4) is 0 Å². The van der Waals surface area contributed by atoms with Gasteiger partial charge in [-0.05, 0) is 23.9 Å². The molecule has 1 aromatic rings. The number of esters is 1. The van der Waals surface area contributed by atoms with E-state index >= 15 is 0 Å². The fourth-order valence-corrected chi connectivity index (χ4v) is 2.57. The van der Waals surface area contributed by atoms with Gasteiger partial charge in [-0.25, -0.2) is 9.18 Å². The van der Waals surface area contributed by atoms with Crippen LogP contribution in [0.1, 0.15) is 5.56 Å². The van der Waals surface area contributed by atoms with E-state index in [9.17, 15) is 14.0 Å². The van der Waals surface area contributed by atoms with Gasteiger partial charge < -0.3 is 9.47 Å². The van der Waals surface area contributed by atoms with E-state index in [-0.39, 0.29) is 20.7 Å². The molecule has 0 aromatic heterocycles. The van der Waals surface area contributed by atoms with E-state index in [0.717, 1.165) is 17.8 Å². The normalized spacial score (nSPS) is 17.6. The predicted molar refractivity (Wildman–Crippen MR) is 88.8 cm³/mol. The number of methoxy groups -OCH3 is 2. The van der Waals surface area contributed by atoms with Crippen LogP contribution in [-0.2, 0) is 14.3 Å². The van der Waals surface area contributed by atoms with Crippen molar-refractivity contribution in [1.29, 1.82) is 0 Å². The molecule has 1 saturated heterocycles.